The van der Waals surface area contributed by atoms with Crippen molar-refractivity contribution in [2.24, 2.45) is 0 Å². The average molecular weight is 268 g/mol. The van der Waals surface area contributed by atoms with Gasteiger partial charge in [-0.2, -0.15) is 0 Å². The van der Waals surface area contributed by atoms with E-state index in [1.165, 1.54) is 12.1 Å². The van der Waals surface area contributed by atoms with Crippen molar-refractivity contribution in [3.8, 4) is 0 Å². The second-order valence-corrected chi connectivity index (χ2v) is 4.79. The summed E-state index contributed by atoms with van der Waals surface area (Å²) in [5, 5.41) is 13.6. The number of nitro groups is 1. The van der Waals surface area contributed by atoms with Crippen LogP contribution < -0.4 is 5.32 Å². The number of ether oxygens (including phenoxy) is 1. The zero-order chi connectivity index (χ0) is 13.8. The fourth-order valence-electron chi connectivity index (χ4n) is 2.44. The predicted molar refractivity (Wildman–Crippen MR) is 69.7 cm³/mol. The van der Waals surface area contributed by atoms with Crippen LogP contribution in [0.5, 0.6) is 0 Å². The SMILES string of the molecule is COC1CCCC(Nc2ccc([N+](=O)[O-])cc2F)C1. The number of nitrogens with zero attached hydrogens (tertiary/aromatic N) is 1. The Morgan fingerprint density at radius 2 is 2.26 bits per heavy atom. The largest absolute Gasteiger partial charge is 0.381 e. The van der Waals surface area contributed by atoms with E-state index < -0.39 is 10.7 Å². The van der Waals surface area contributed by atoms with Gasteiger partial charge in [0.05, 0.1) is 22.8 Å². The van der Waals surface area contributed by atoms with Crippen molar-refractivity contribution in [3.63, 3.8) is 0 Å². The first kappa shape index (κ1) is 13.7. The van der Waals surface area contributed by atoms with Gasteiger partial charge in [0, 0.05) is 19.2 Å². The first-order chi connectivity index (χ1) is 9.10. The van der Waals surface area contributed by atoms with Gasteiger partial charge in [-0.1, -0.05) is 0 Å². The minimum Gasteiger partial charge on any atom is -0.381 e. The second-order valence-electron chi connectivity index (χ2n) is 4.79. The Kier molecular flexibility index (Phi) is 4.31. The zero-order valence-corrected chi connectivity index (χ0v) is 10.8. The summed E-state index contributed by atoms with van der Waals surface area (Å²) in [4.78, 5) is 9.94. The van der Waals surface area contributed by atoms with Crippen molar-refractivity contribution in [2.75, 3.05) is 12.4 Å². The maximum Gasteiger partial charge on any atom is 0.272 e. The normalized spacial score (nSPS) is 23.1. The van der Waals surface area contributed by atoms with Gasteiger partial charge in [0.2, 0.25) is 0 Å². The number of hydrogen-bond acceptors (Lipinski definition) is 4. The first-order valence-electron chi connectivity index (χ1n) is 6.33. The van der Waals surface area contributed by atoms with Crippen LogP contribution in [0.3, 0.4) is 0 Å². The van der Waals surface area contributed by atoms with Crippen LogP contribution >= 0.6 is 0 Å². The highest BCUT2D eigenvalue weighted by molar-refractivity contribution is 5.50. The molecule has 1 aromatic rings. The highest BCUT2D eigenvalue weighted by Gasteiger charge is 2.22. The third-order valence-corrected chi connectivity index (χ3v) is 3.48. The molecule has 1 N–H and O–H groups in total. The second kappa shape index (κ2) is 5.97. The summed E-state index contributed by atoms with van der Waals surface area (Å²) < 4.78 is 19.1. The molecule has 0 amide bonds. The van der Waals surface area contributed by atoms with Gasteiger partial charge in [-0.05, 0) is 31.7 Å². The fourth-order valence-corrected chi connectivity index (χ4v) is 2.44. The molecule has 0 aromatic heterocycles. The first-order valence-corrected chi connectivity index (χ1v) is 6.33. The fraction of sp³-hybridized carbons (Fsp3) is 0.538. The molecule has 2 atom stereocenters. The van der Waals surface area contributed by atoms with E-state index in [9.17, 15) is 14.5 Å². The van der Waals surface area contributed by atoms with Crippen LogP contribution in [-0.2, 0) is 4.74 Å². The smallest absolute Gasteiger partial charge is 0.272 e. The molecule has 0 heterocycles. The van der Waals surface area contributed by atoms with Gasteiger partial charge in [0.25, 0.3) is 5.69 Å². The number of halogens is 1. The van der Waals surface area contributed by atoms with Gasteiger partial charge < -0.3 is 10.1 Å². The number of nitro benzene ring substituents is 1. The van der Waals surface area contributed by atoms with Gasteiger partial charge in [0.15, 0.2) is 5.82 Å². The molecule has 2 unspecified atom stereocenters. The van der Waals surface area contributed by atoms with Crippen molar-refractivity contribution in [1.82, 2.24) is 0 Å². The van der Waals surface area contributed by atoms with E-state index in [0.29, 0.717) is 5.69 Å². The van der Waals surface area contributed by atoms with E-state index in [0.717, 1.165) is 31.7 Å². The van der Waals surface area contributed by atoms with Crippen LogP contribution in [0.4, 0.5) is 15.8 Å². The third kappa shape index (κ3) is 3.41. The molecule has 0 bridgehead atoms. The van der Waals surface area contributed by atoms with Crippen LogP contribution in [0, 0.1) is 15.9 Å². The van der Waals surface area contributed by atoms with Crippen LogP contribution in [0.2, 0.25) is 0 Å². The summed E-state index contributed by atoms with van der Waals surface area (Å²) in [7, 11) is 1.68. The standard InChI is InChI=1S/C13H17FN2O3/c1-19-11-4-2-3-9(7-11)15-13-6-5-10(16(17)18)8-12(13)14/h5-6,8-9,11,15H,2-4,7H2,1H3. The lowest BCUT2D eigenvalue weighted by Gasteiger charge is -2.29. The Bertz CT molecular complexity index is 467. The minimum absolute atomic E-state index is 0.148. The molecule has 1 saturated carbocycles. The number of methoxy groups -OCH3 is 1. The predicted octanol–water partition coefficient (Wildman–Crippen LogP) is 3.10. The van der Waals surface area contributed by atoms with Crippen LogP contribution in [0.25, 0.3) is 0 Å². The Hall–Kier alpha value is -1.69. The van der Waals surface area contributed by atoms with E-state index >= 15 is 0 Å². The molecule has 5 nitrogen and oxygen atoms in total. The summed E-state index contributed by atoms with van der Waals surface area (Å²) in [6.45, 7) is 0. The topological polar surface area (TPSA) is 64.4 Å². The van der Waals surface area contributed by atoms with Crippen molar-refractivity contribution in [3.05, 3.63) is 34.1 Å². The lowest BCUT2D eigenvalue weighted by atomic mass is 9.92. The van der Waals surface area contributed by atoms with Crippen LogP contribution in [-0.4, -0.2) is 24.2 Å². The molecular formula is C13H17FN2O3. The number of anilines is 1. The molecule has 0 radical (unpaired) electrons. The highest BCUT2D eigenvalue weighted by Crippen LogP contribution is 2.26. The monoisotopic (exact) mass is 268 g/mol. The summed E-state index contributed by atoms with van der Waals surface area (Å²) in [6.07, 6.45) is 4.04. The van der Waals surface area contributed by atoms with Gasteiger partial charge in [-0.15, -0.1) is 0 Å². The molecule has 1 aliphatic rings. The van der Waals surface area contributed by atoms with Crippen molar-refractivity contribution >= 4 is 11.4 Å². The van der Waals surface area contributed by atoms with Gasteiger partial charge >= 0.3 is 0 Å². The maximum absolute atomic E-state index is 13.7. The number of non-ortho nitro benzene ring substituents is 1. The van der Waals surface area contributed by atoms with E-state index in [1.807, 2.05) is 0 Å². The Morgan fingerprint density at radius 1 is 1.47 bits per heavy atom. The molecule has 0 spiro atoms. The van der Waals surface area contributed by atoms with Crippen molar-refractivity contribution in [1.29, 1.82) is 0 Å². The van der Waals surface area contributed by atoms with Crippen LogP contribution in [0.15, 0.2) is 18.2 Å². The molecule has 1 aliphatic carbocycles. The molecule has 1 aromatic carbocycles. The third-order valence-electron chi connectivity index (χ3n) is 3.48. The maximum atomic E-state index is 13.7. The molecule has 6 heteroatoms. The highest BCUT2D eigenvalue weighted by atomic mass is 19.1. The Labute approximate surface area is 110 Å². The van der Waals surface area contributed by atoms with E-state index in [-0.39, 0.29) is 17.8 Å². The number of rotatable bonds is 4. The van der Waals surface area contributed by atoms with Crippen molar-refractivity contribution in [2.45, 2.75) is 37.8 Å². The molecule has 19 heavy (non-hydrogen) atoms. The van der Waals surface area contributed by atoms with Crippen LogP contribution in [0.1, 0.15) is 25.7 Å². The van der Waals surface area contributed by atoms with E-state index in [2.05, 4.69) is 5.32 Å². The summed E-state index contributed by atoms with van der Waals surface area (Å²) in [6, 6.07) is 3.82. The zero-order valence-electron chi connectivity index (χ0n) is 10.8. The molecule has 104 valence electrons. The van der Waals surface area contributed by atoms with E-state index in [4.69, 9.17) is 4.74 Å². The van der Waals surface area contributed by atoms with Gasteiger partial charge in [0.1, 0.15) is 0 Å². The summed E-state index contributed by atoms with van der Waals surface area (Å²) in [5.41, 5.74) is 0.0776. The number of hydrogen-bond donors (Lipinski definition) is 1. The molecule has 1 fully saturated rings. The van der Waals surface area contributed by atoms with Crippen molar-refractivity contribution < 1.29 is 14.1 Å². The molecule has 0 saturated heterocycles. The minimum atomic E-state index is -0.603. The Balaban J connectivity index is 2.04. The van der Waals surface area contributed by atoms with E-state index in [1.54, 1.807) is 7.11 Å². The number of benzene rings is 1. The van der Waals surface area contributed by atoms with Gasteiger partial charge in [-0.3, -0.25) is 10.1 Å². The Morgan fingerprint density at radius 3 is 2.89 bits per heavy atom. The molecular weight excluding hydrogens is 251 g/mol. The van der Waals surface area contributed by atoms with Gasteiger partial charge in [-0.25, -0.2) is 4.39 Å². The quantitative estimate of drug-likeness (QED) is 0.673. The summed E-state index contributed by atoms with van der Waals surface area (Å²) in [5.74, 6) is -0.589. The molecule has 2 rings (SSSR count). The lowest BCUT2D eigenvalue weighted by molar-refractivity contribution is -0.385. The molecule has 0 aliphatic heterocycles. The lowest BCUT2D eigenvalue weighted by Crippen LogP contribution is -2.31. The summed E-state index contributed by atoms with van der Waals surface area (Å²) >= 11 is 0. The number of nitrogens with one attached hydrogen (secondary N) is 1. The average Bonchev–Trinajstić information content (AvgIpc) is 2.41.